The predicted octanol–water partition coefficient (Wildman–Crippen LogP) is 3.09. The van der Waals surface area contributed by atoms with Crippen LogP contribution in [0, 0.1) is 0 Å². The molecule has 2 aliphatic heterocycles. The van der Waals surface area contributed by atoms with Gasteiger partial charge in [-0.1, -0.05) is 30.3 Å². The van der Waals surface area contributed by atoms with Crippen molar-refractivity contribution in [3.05, 3.63) is 54.1 Å². The molecule has 170 valence electrons. The highest BCUT2D eigenvalue weighted by Gasteiger charge is 2.32. The summed E-state index contributed by atoms with van der Waals surface area (Å²) in [5.74, 6) is 1.92. The molecule has 0 bridgehead atoms. The van der Waals surface area contributed by atoms with Crippen LogP contribution in [0.15, 0.2) is 47.7 Å². The molecule has 2 saturated heterocycles. The average molecular weight is 539 g/mol. The van der Waals surface area contributed by atoms with Gasteiger partial charge in [0.15, 0.2) is 5.96 Å². The van der Waals surface area contributed by atoms with Crippen LogP contribution in [0.2, 0.25) is 0 Å². The van der Waals surface area contributed by atoms with Crippen molar-refractivity contribution in [1.29, 1.82) is 0 Å². The molecular formula is C23H34IN5O2. The molecule has 7 nitrogen and oxygen atoms in total. The van der Waals surface area contributed by atoms with Crippen LogP contribution in [-0.4, -0.2) is 65.5 Å². The Bertz CT molecular complexity index is 807. The molecule has 0 spiro atoms. The van der Waals surface area contributed by atoms with E-state index in [2.05, 4.69) is 57.0 Å². The lowest BCUT2D eigenvalue weighted by atomic mass is 10.1. The number of guanidine groups is 1. The Morgan fingerprint density at radius 1 is 1.19 bits per heavy atom. The van der Waals surface area contributed by atoms with E-state index in [1.807, 2.05) is 12.4 Å². The number of benzene rings is 1. The molecule has 2 fully saturated rings. The Balaban J connectivity index is 0.00000272. The van der Waals surface area contributed by atoms with Crippen molar-refractivity contribution in [3.8, 4) is 0 Å². The van der Waals surface area contributed by atoms with E-state index in [9.17, 15) is 0 Å². The zero-order valence-electron chi connectivity index (χ0n) is 18.3. The second kappa shape index (κ2) is 12.4. The van der Waals surface area contributed by atoms with Crippen LogP contribution in [0.1, 0.15) is 31.2 Å². The molecule has 2 aliphatic rings. The zero-order chi connectivity index (χ0) is 20.6. The zero-order valence-corrected chi connectivity index (χ0v) is 20.6. The maximum Gasteiger partial charge on any atom is 0.194 e. The van der Waals surface area contributed by atoms with Crippen LogP contribution in [-0.2, 0) is 29.0 Å². The lowest BCUT2D eigenvalue weighted by Crippen LogP contribution is -2.53. The first-order valence-electron chi connectivity index (χ1n) is 11.1. The van der Waals surface area contributed by atoms with E-state index in [-0.39, 0.29) is 36.2 Å². The highest BCUT2D eigenvalue weighted by Crippen LogP contribution is 2.21. The van der Waals surface area contributed by atoms with Gasteiger partial charge in [0, 0.05) is 45.2 Å². The molecule has 0 radical (unpaired) electrons. The number of hydrogen-bond donors (Lipinski definition) is 1. The number of aryl methyl sites for hydroxylation is 2. The quantitative estimate of drug-likeness (QED) is 0.333. The topological polar surface area (TPSA) is 63.9 Å². The van der Waals surface area contributed by atoms with Gasteiger partial charge in [-0.05, 0) is 31.7 Å². The SMILES string of the molecule is CCNC(=NCc1nccn1CCc1ccccc1)N1CCOC(C2CCCO2)C1.I. The fourth-order valence-corrected chi connectivity index (χ4v) is 4.15. The van der Waals surface area contributed by atoms with Gasteiger partial charge >= 0.3 is 0 Å². The van der Waals surface area contributed by atoms with Crippen molar-refractivity contribution in [1.82, 2.24) is 19.8 Å². The Kier molecular flexibility index (Phi) is 9.60. The molecule has 8 heteroatoms. The number of nitrogens with zero attached hydrogens (tertiary/aromatic N) is 4. The third kappa shape index (κ3) is 6.66. The number of halogens is 1. The van der Waals surface area contributed by atoms with Crippen LogP contribution in [0.3, 0.4) is 0 Å². The van der Waals surface area contributed by atoms with Crippen molar-refractivity contribution >= 4 is 29.9 Å². The van der Waals surface area contributed by atoms with Gasteiger partial charge in [0.1, 0.15) is 18.5 Å². The third-order valence-electron chi connectivity index (χ3n) is 5.76. The van der Waals surface area contributed by atoms with Crippen molar-refractivity contribution in [2.24, 2.45) is 4.99 Å². The third-order valence-corrected chi connectivity index (χ3v) is 5.76. The highest BCUT2D eigenvalue weighted by atomic mass is 127. The van der Waals surface area contributed by atoms with Crippen LogP contribution < -0.4 is 5.32 Å². The van der Waals surface area contributed by atoms with Crippen LogP contribution in [0.5, 0.6) is 0 Å². The van der Waals surface area contributed by atoms with E-state index < -0.39 is 0 Å². The van der Waals surface area contributed by atoms with Gasteiger partial charge in [0.2, 0.25) is 0 Å². The summed E-state index contributed by atoms with van der Waals surface area (Å²) in [6.07, 6.45) is 7.45. The largest absolute Gasteiger partial charge is 0.375 e. The van der Waals surface area contributed by atoms with Gasteiger partial charge in [-0.25, -0.2) is 9.98 Å². The fourth-order valence-electron chi connectivity index (χ4n) is 4.15. The molecule has 2 unspecified atom stereocenters. The molecule has 1 aromatic heterocycles. The maximum atomic E-state index is 6.00. The first-order chi connectivity index (χ1) is 14.8. The Labute approximate surface area is 202 Å². The van der Waals surface area contributed by atoms with E-state index in [0.29, 0.717) is 13.2 Å². The average Bonchev–Trinajstić information content (AvgIpc) is 3.48. The molecule has 31 heavy (non-hydrogen) atoms. The van der Waals surface area contributed by atoms with Gasteiger partial charge < -0.3 is 24.3 Å². The normalized spacial score (nSPS) is 21.7. The molecule has 1 aromatic carbocycles. The number of aromatic nitrogens is 2. The van der Waals surface area contributed by atoms with Crippen molar-refractivity contribution < 1.29 is 9.47 Å². The van der Waals surface area contributed by atoms with Crippen molar-refractivity contribution in [3.63, 3.8) is 0 Å². The van der Waals surface area contributed by atoms with Gasteiger partial charge in [-0.2, -0.15) is 0 Å². The van der Waals surface area contributed by atoms with Gasteiger partial charge in [-0.15, -0.1) is 24.0 Å². The van der Waals surface area contributed by atoms with E-state index in [4.69, 9.17) is 14.5 Å². The molecule has 0 amide bonds. The minimum absolute atomic E-state index is 0. The first kappa shape index (κ1) is 24.0. The van der Waals surface area contributed by atoms with Gasteiger partial charge in [-0.3, -0.25) is 0 Å². The highest BCUT2D eigenvalue weighted by molar-refractivity contribution is 14.0. The molecule has 0 saturated carbocycles. The number of imidazole rings is 1. The smallest absolute Gasteiger partial charge is 0.194 e. The van der Waals surface area contributed by atoms with Crippen LogP contribution in [0.25, 0.3) is 0 Å². The Morgan fingerprint density at radius 3 is 2.81 bits per heavy atom. The molecular weight excluding hydrogens is 505 g/mol. The summed E-state index contributed by atoms with van der Waals surface area (Å²) in [6, 6.07) is 10.6. The monoisotopic (exact) mass is 539 g/mol. The summed E-state index contributed by atoms with van der Waals surface area (Å²) in [5.41, 5.74) is 1.34. The maximum absolute atomic E-state index is 6.00. The lowest BCUT2D eigenvalue weighted by molar-refractivity contribution is -0.0817. The van der Waals surface area contributed by atoms with Crippen molar-refractivity contribution in [2.75, 3.05) is 32.8 Å². The van der Waals surface area contributed by atoms with Crippen molar-refractivity contribution in [2.45, 2.75) is 51.5 Å². The molecule has 4 rings (SSSR count). The Hall–Kier alpha value is -1.65. The van der Waals surface area contributed by atoms with E-state index in [1.165, 1.54) is 5.56 Å². The second-order valence-electron chi connectivity index (χ2n) is 7.85. The minimum Gasteiger partial charge on any atom is -0.375 e. The number of nitrogens with one attached hydrogen (secondary N) is 1. The fraction of sp³-hybridized carbons (Fsp3) is 0.565. The lowest BCUT2D eigenvalue weighted by Gasteiger charge is -2.37. The summed E-state index contributed by atoms with van der Waals surface area (Å²) < 4.78 is 14.1. The predicted molar refractivity (Wildman–Crippen MR) is 133 cm³/mol. The summed E-state index contributed by atoms with van der Waals surface area (Å²) in [5, 5.41) is 3.45. The summed E-state index contributed by atoms with van der Waals surface area (Å²) in [7, 11) is 0. The summed E-state index contributed by atoms with van der Waals surface area (Å²) >= 11 is 0. The molecule has 3 heterocycles. The Morgan fingerprint density at radius 2 is 2.03 bits per heavy atom. The van der Waals surface area contributed by atoms with Gasteiger partial charge in [0.25, 0.3) is 0 Å². The summed E-state index contributed by atoms with van der Waals surface area (Å²) in [4.78, 5) is 11.8. The first-order valence-corrected chi connectivity index (χ1v) is 11.1. The number of hydrogen-bond acceptors (Lipinski definition) is 4. The van der Waals surface area contributed by atoms with Gasteiger partial charge in [0.05, 0.1) is 12.7 Å². The van der Waals surface area contributed by atoms with Crippen LogP contribution in [0.4, 0.5) is 0 Å². The standard InChI is InChI=1S/C23H33N5O2.HI/c1-2-24-23(28-14-16-30-21(18-28)20-9-6-15-29-20)26-17-22-25-11-13-27(22)12-10-19-7-4-3-5-8-19;/h3-5,7-8,11,13,20-21H,2,6,9-10,12,14-18H2,1H3,(H,24,26);1H. The molecule has 2 atom stereocenters. The molecule has 0 aliphatic carbocycles. The number of rotatable bonds is 7. The number of aliphatic imine (C=N–C) groups is 1. The molecule has 1 N–H and O–H groups in total. The van der Waals surface area contributed by atoms with Crippen LogP contribution >= 0.6 is 24.0 Å². The number of ether oxygens (including phenoxy) is 2. The minimum atomic E-state index is 0. The second-order valence-corrected chi connectivity index (χ2v) is 7.85. The van der Waals surface area contributed by atoms with E-state index in [0.717, 1.165) is 63.8 Å². The van der Waals surface area contributed by atoms with E-state index >= 15 is 0 Å². The summed E-state index contributed by atoms with van der Waals surface area (Å²) in [6.45, 7) is 7.63. The molecule has 2 aromatic rings. The van der Waals surface area contributed by atoms with E-state index in [1.54, 1.807) is 0 Å². The number of morpholine rings is 1.